The van der Waals surface area contributed by atoms with Crippen LogP contribution in [-0.2, 0) is 14.6 Å². The van der Waals surface area contributed by atoms with Gasteiger partial charge in [-0.15, -0.1) is 12.3 Å². The number of anilines is 1. The maximum Gasteiger partial charge on any atom is 0.225 e. The van der Waals surface area contributed by atoms with Crippen molar-refractivity contribution in [2.75, 3.05) is 16.8 Å². The lowest BCUT2D eigenvalue weighted by atomic mass is 10.0. The number of nitrogens with zero attached hydrogens (tertiary/aromatic N) is 4. The smallest absolute Gasteiger partial charge is 0.225 e. The van der Waals surface area contributed by atoms with Crippen molar-refractivity contribution >= 4 is 21.6 Å². The monoisotopic (exact) mass is 389 g/mol. The van der Waals surface area contributed by atoms with Crippen LogP contribution in [0, 0.1) is 12.3 Å². The molecule has 144 valence electrons. The van der Waals surface area contributed by atoms with Gasteiger partial charge < -0.3 is 5.32 Å². The van der Waals surface area contributed by atoms with Crippen LogP contribution in [0.3, 0.4) is 0 Å². The first-order valence-electron chi connectivity index (χ1n) is 9.37. The Morgan fingerprint density at radius 2 is 2.11 bits per heavy atom. The number of carbonyl (C=O) groups is 1. The van der Waals surface area contributed by atoms with Crippen LogP contribution >= 0.6 is 0 Å². The standard InChI is InChI=1S/C18H23N5O3S/c1-2-3-8-18(21-22-18)9-6-17(24)19-16-11-15(13-4-5-13)20-23(16)14-7-10-27(25,26)12-14/h1,11,13-14H,3-10,12H2,(H,19,24). The summed E-state index contributed by atoms with van der Waals surface area (Å²) in [5.74, 6) is 3.70. The van der Waals surface area contributed by atoms with Gasteiger partial charge in [-0.25, -0.2) is 13.1 Å². The number of carbonyl (C=O) groups excluding carboxylic acids is 1. The quantitative estimate of drug-likeness (QED) is 0.689. The SMILES string of the molecule is C#CCCC1(CCC(=O)Nc2cc(C3CC3)nn2C2CCS(=O)(=O)C2)N=N1. The molecule has 1 saturated heterocycles. The lowest BCUT2D eigenvalue weighted by Gasteiger charge is -2.14. The maximum absolute atomic E-state index is 12.5. The summed E-state index contributed by atoms with van der Waals surface area (Å²) in [6.07, 6.45) is 10.1. The van der Waals surface area contributed by atoms with Crippen molar-refractivity contribution in [1.29, 1.82) is 0 Å². The second-order valence-electron chi connectivity index (χ2n) is 7.66. The Kier molecular flexibility index (Phi) is 4.54. The van der Waals surface area contributed by atoms with Crippen molar-refractivity contribution in [3.05, 3.63) is 11.8 Å². The van der Waals surface area contributed by atoms with Gasteiger partial charge in [-0.2, -0.15) is 15.3 Å². The van der Waals surface area contributed by atoms with Crippen molar-refractivity contribution in [2.24, 2.45) is 10.2 Å². The predicted octanol–water partition coefficient (Wildman–Crippen LogP) is 2.41. The number of terminal acetylenes is 1. The fraction of sp³-hybridized carbons (Fsp3) is 0.667. The molecule has 0 spiro atoms. The molecule has 1 unspecified atom stereocenters. The third kappa shape index (κ3) is 4.21. The van der Waals surface area contributed by atoms with Crippen molar-refractivity contribution in [1.82, 2.24) is 9.78 Å². The molecule has 4 rings (SSSR count). The minimum atomic E-state index is -3.03. The van der Waals surface area contributed by atoms with Crippen molar-refractivity contribution in [3.63, 3.8) is 0 Å². The van der Waals surface area contributed by atoms with Gasteiger partial charge in [0.25, 0.3) is 0 Å². The van der Waals surface area contributed by atoms with E-state index < -0.39 is 15.5 Å². The second-order valence-corrected chi connectivity index (χ2v) is 9.89. The van der Waals surface area contributed by atoms with E-state index in [0.29, 0.717) is 37.4 Å². The van der Waals surface area contributed by atoms with E-state index in [1.54, 1.807) is 4.68 Å². The summed E-state index contributed by atoms with van der Waals surface area (Å²) in [5, 5.41) is 15.6. The van der Waals surface area contributed by atoms with Crippen LogP contribution in [0.4, 0.5) is 5.82 Å². The van der Waals surface area contributed by atoms with E-state index in [1.807, 2.05) is 6.07 Å². The number of nitrogens with one attached hydrogen (secondary N) is 1. The topological polar surface area (TPSA) is 106 Å². The average molecular weight is 389 g/mol. The minimum Gasteiger partial charge on any atom is -0.311 e. The van der Waals surface area contributed by atoms with Gasteiger partial charge in [0.1, 0.15) is 5.82 Å². The molecule has 8 nitrogen and oxygen atoms in total. The van der Waals surface area contributed by atoms with Crippen LogP contribution in [0.25, 0.3) is 0 Å². The normalized spacial score (nSPS) is 24.5. The summed E-state index contributed by atoms with van der Waals surface area (Å²) in [6, 6.07) is 1.67. The minimum absolute atomic E-state index is 0.0780. The van der Waals surface area contributed by atoms with E-state index in [4.69, 9.17) is 6.42 Å². The molecule has 1 N–H and O–H groups in total. The maximum atomic E-state index is 12.5. The molecule has 0 radical (unpaired) electrons. The fourth-order valence-corrected chi connectivity index (χ4v) is 5.21. The first-order chi connectivity index (χ1) is 12.9. The number of hydrogen-bond donors (Lipinski definition) is 1. The van der Waals surface area contributed by atoms with Crippen molar-refractivity contribution in [3.8, 4) is 12.3 Å². The molecule has 1 saturated carbocycles. The Balaban J connectivity index is 1.42. The molecule has 3 aliphatic rings. The summed E-state index contributed by atoms with van der Waals surface area (Å²) in [6.45, 7) is 0. The average Bonchev–Trinajstić information content (AvgIpc) is 3.54. The van der Waals surface area contributed by atoms with Gasteiger partial charge in [-0.05, 0) is 19.3 Å². The van der Waals surface area contributed by atoms with Gasteiger partial charge in [-0.3, -0.25) is 4.79 Å². The second kappa shape index (κ2) is 6.75. The lowest BCUT2D eigenvalue weighted by molar-refractivity contribution is -0.116. The van der Waals surface area contributed by atoms with Crippen LogP contribution in [0.1, 0.15) is 62.6 Å². The number of rotatable bonds is 8. The summed E-state index contributed by atoms with van der Waals surface area (Å²) in [4.78, 5) is 12.5. The molecule has 1 aromatic rings. The Morgan fingerprint density at radius 1 is 1.33 bits per heavy atom. The number of sulfone groups is 1. The Labute approximate surface area is 158 Å². The Bertz CT molecular complexity index is 917. The molecule has 1 aromatic heterocycles. The van der Waals surface area contributed by atoms with Crippen LogP contribution in [0.15, 0.2) is 16.3 Å². The zero-order chi connectivity index (χ0) is 19.1. The largest absolute Gasteiger partial charge is 0.311 e. The van der Waals surface area contributed by atoms with Crippen molar-refractivity contribution in [2.45, 2.75) is 62.6 Å². The molecule has 3 heterocycles. The number of amides is 1. The van der Waals surface area contributed by atoms with Gasteiger partial charge in [0.2, 0.25) is 5.91 Å². The molecule has 2 aliphatic heterocycles. The van der Waals surface area contributed by atoms with Crippen LogP contribution in [0.2, 0.25) is 0 Å². The molecule has 2 fully saturated rings. The number of aromatic nitrogens is 2. The third-order valence-electron chi connectivity index (χ3n) is 5.38. The highest BCUT2D eigenvalue weighted by Crippen LogP contribution is 2.41. The van der Waals surface area contributed by atoms with Crippen LogP contribution < -0.4 is 5.32 Å². The third-order valence-corrected chi connectivity index (χ3v) is 7.13. The molecule has 0 aromatic carbocycles. The van der Waals surface area contributed by atoms with E-state index in [0.717, 1.165) is 18.5 Å². The van der Waals surface area contributed by atoms with Gasteiger partial charge >= 0.3 is 0 Å². The summed E-state index contributed by atoms with van der Waals surface area (Å²) in [7, 11) is -3.03. The van der Waals surface area contributed by atoms with Gasteiger partial charge in [0.05, 0.1) is 23.2 Å². The highest BCUT2D eigenvalue weighted by atomic mass is 32.2. The zero-order valence-electron chi connectivity index (χ0n) is 15.1. The summed E-state index contributed by atoms with van der Waals surface area (Å²) in [5.41, 5.74) is 0.454. The molecular weight excluding hydrogens is 366 g/mol. The molecular formula is C18H23N5O3S. The molecule has 1 atom stereocenters. The van der Waals surface area contributed by atoms with Crippen LogP contribution in [0.5, 0.6) is 0 Å². The molecule has 27 heavy (non-hydrogen) atoms. The van der Waals surface area contributed by atoms with Crippen molar-refractivity contribution < 1.29 is 13.2 Å². The van der Waals surface area contributed by atoms with E-state index in [2.05, 4.69) is 26.6 Å². The van der Waals surface area contributed by atoms with Gasteiger partial charge in [0, 0.05) is 37.7 Å². The van der Waals surface area contributed by atoms with E-state index >= 15 is 0 Å². The molecule has 0 bridgehead atoms. The van der Waals surface area contributed by atoms with Gasteiger partial charge in [0.15, 0.2) is 15.5 Å². The van der Waals surface area contributed by atoms with E-state index in [-0.39, 0.29) is 29.9 Å². The Morgan fingerprint density at radius 3 is 2.70 bits per heavy atom. The highest BCUT2D eigenvalue weighted by Gasteiger charge is 2.39. The summed E-state index contributed by atoms with van der Waals surface area (Å²) < 4.78 is 25.4. The van der Waals surface area contributed by atoms with Gasteiger partial charge in [-0.1, -0.05) is 0 Å². The Hall–Kier alpha value is -2.21. The van der Waals surface area contributed by atoms with E-state index in [9.17, 15) is 13.2 Å². The molecule has 1 aliphatic carbocycles. The first-order valence-corrected chi connectivity index (χ1v) is 11.2. The van der Waals surface area contributed by atoms with Crippen LogP contribution in [-0.4, -0.2) is 41.3 Å². The first kappa shape index (κ1) is 18.2. The number of hydrogen-bond acceptors (Lipinski definition) is 6. The van der Waals surface area contributed by atoms with E-state index in [1.165, 1.54) is 0 Å². The summed E-state index contributed by atoms with van der Waals surface area (Å²) >= 11 is 0. The molecule has 1 amide bonds. The molecule has 9 heteroatoms. The zero-order valence-corrected chi connectivity index (χ0v) is 15.9. The highest BCUT2D eigenvalue weighted by molar-refractivity contribution is 7.91. The fourth-order valence-electron chi connectivity index (χ4n) is 3.52. The predicted molar refractivity (Wildman–Crippen MR) is 100 cm³/mol. The lowest BCUT2D eigenvalue weighted by Crippen LogP contribution is -2.21.